The molecule has 11 heavy (non-hydrogen) atoms. The molecule has 0 aromatic rings. The van der Waals surface area contributed by atoms with Crippen LogP contribution in [0, 0.1) is 5.41 Å². The molecule has 0 amide bonds. The van der Waals surface area contributed by atoms with Crippen molar-refractivity contribution < 1.29 is 14.6 Å². The Morgan fingerprint density at radius 2 is 2.27 bits per heavy atom. The summed E-state index contributed by atoms with van der Waals surface area (Å²) in [5.74, 6) is 0. The molecular weight excluding hydrogens is 144 g/mol. The van der Waals surface area contributed by atoms with Gasteiger partial charge < -0.3 is 14.6 Å². The first-order chi connectivity index (χ1) is 5.35. The van der Waals surface area contributed by atoms with Crippen molar-refractivity contribution in [2.24, 2.45) is 5.41 Å². The molecule has 1 atom stereocenters. The van der Waals surface area contributed by atoms with Crippen LogP contribution in [0.1, 0.15) is 12.8 Å². The van der Waals surface area contributed by atoms with E-state index in [0.717, 1.165) is 19.4 Å². The molecule has 1 saturated carbocycles. The predicted octanol–water partition coefficient (Wildman–Crippen LogP) is 0.174. The predicted molar refractivity (Wildman–Crippen MR) is 39.3 cm³/mol. The van der Waals surface area contributed by atoms with Gasteiger partial charge in [-0.1, -0.05) is 0 Å². The van der Waals surface area contributed by atoms with Crippen LogP contribution in [-0.4, -0.2) is 37.6 Å². The van der Waals surface area contributed by atoms with Crippen LogP contribution >= 0.6 is 0 Å². The maximum absolute atomic E-state index is 8.93. The maximum Gasteiger partial charge on any atom is 0.104 e. The van der Waals surface area contributed by atoms with E-state index in [4.69, 9.17) is 14.6 Å². The molecule has 1 saturated heterocycles. The summed E-state index contributed by atoms with van der Waals surface area (Å²) in [6.07, 6.45) is 2.59. The fraction of sp³-hybridized carbons (Fsp3) is 1.00. The Kier molecular flexibility index (Phi) is 1.87. The van der Waals surface area contributed by atoms with Crippen molar-refractivity contribution in [2.45, 2.75) is 18.9 Å². The van der Waals surface area contributed by atoms with E-state index in [0.29, 0.717) is 19.3 Å². The molecule has 2 rings (SSSR count). The molecule has 0 bridgehead atoms. The second-order valence-corrected chi connectivity index (χ2v) is 3.63. The molecule has 1 N–H and O–H groups in total. The number of aliphatic hydroxyl groups excluding tert-OH is 1. The van der Waals surface area contributed by atoms with Crippen molar-refractivity contribution in [1.29, 1.82) is 0 Å². The van der Waals surface area contributed by atoms with Gasteiger partial charge in [-0.2, -0.15) is 0 Å². The lowest BCUT2D eigenvalue weighted by atomic mass is 10.1. The Hall–Kier alpha value is -0.120. The van der Waals surface area contributed by atoms with E-state index >= 15 is 0 Å². The number of aliphatic hydroxyl groups is 1. The van der Waals surface area contributed by atoms with Gasteiger partial charge in [0.1, 0.15) is 6.10 Å². The average Bonchev–Trinajstić information content (AvgIpc) is 2.80. The van der Waals surface area contributed by atoms with Crippen LogP contribution in [0.4, 0.5) is 0 Å². The van der Waals surface area contributed by atoms with Crippen LogP contribution in [0.15, 0.2) is 0 Å². The largest absolute Gasteiger partial charge is 0.396 e. The third-order valence-electron chi connectivity index (χ3n) is 2.41. The van der Waals surface area contributed by atoms with Gasteiger partial charge >= 0.3 is 0 Å². The molecule has 1 heterocycles. The van der Waals surface area contributed by atoms with Crippen molar-refractivity contribution in [1.82, 2.24) is 0 Å². The molecule has 1 unspecified atom stereocenters. The van der Waals surface area contributed by atoms with E-state index in [-0.39, 0.29) is 12.0 Å². The minimum Gasteiger partial charge on any atom is -0.396 e. The molecule has 2 fully saturated rings. The second-order valence-electron chi connectivity index (χ2n) is 3.63. The lowest BCUT2D eigenvalue weighted by molar-refractivity contribution is 0.0527. The fourth-order valence-electron chi connectivity index (χ4n) is 1.10. The highest BCUT2D eigenvalue weighted by atomic mass is 16.6. The number of hydrogen-bond donors (Lipinski definition) is 1. The molecule has 3 heteroatoms. The Labute approximate surface area is 66.3 Å². The van der Waals surface area contributed by atoms with Gasteiger partial charge in [-0.3, -0.25) is 0 Å². The summed E-state index contributed by atoms with van der Waals surface area (Å²) in [5, 5.41) is 8.93. The molecular formula is C8H14O3. The maximum atomic E-state index is 8.93. The van der Waals surface area contributed by atoms with Gasteiger partial charge in [-0.25, -0.2) is 0 Å². The Balaban J connectivity index is 1.58. The lowest BCUT2D eigenvalue weighted by Crippen LogP contribution is -2.16. The van der Waals surface area contributed by atoms with Crippen LogP contribution in [0.3, 0.4) is 0 Å². The van der Waals surface area contributed by atoms with Crippen molar-refractivity contribution >= 4 is 0 Å². The van der Waals surface area contributed by atoms with E-state index in [1.807, 2.05) is 0 Å². The Morgan fingerprint density at radius 1 is 1.55 bits per heavy atom. The normalized spacial score (nSPS) is 31.9. The zero-order valence-electron chi connectivity index (χ0n) is 6.58. The highest BCUT2D eigenvalue weighted by molar-refractivity contribution is 4.92. The molecule has 2 aliphatic rings. The van der Waals surface area contributed by atoms with Crippen molar-refractivity contribution in [3.8, 4) is 0 Å². The second kappa shape index (κ2) is 2.73. The molecule has 0 radical (unpaired) electrons. The number of epoxide rings is 1. The SMILES string of the molecule is OCC1(COCC2CO2)CC1. The molecule has 0 aromatic carbocycles. The van der Waals surface area contributed by atoms with Crippen molar-refractivity contribution in [2.75, 3.05) is 26.4 Å². The molecule has 0 spiro atoms. The Morgan fingerprint density at radius 3 is 2.73 bits per heavy atom. The molecule has 1 aliphatic carbocycles. The topological polar surface area (TPSA) is 42.0 Å². The van der Waals surface area contributed by atoms with E-state index in [2.05, 4.69) is 0 Å². The Bertz CT molecular complexity index is 138. The van der Waals surface area contributed by atoms with Crippen LogP contribution in [0.2, 0.25) is 0 Å². The van der Waals surface area contributed by atoms with E-state index < -0.39 is 0 Å². The third kappa shape index (κ3) is 1.92. The fourth-order valence-corrected chi connectivity index (χ4v) is 1.10. The lowest BCUT2D eigenvalue weighted by Gasteiger charge is -2.10. The highest BCUT2D eigenvalue weighted by Gasteiger charge is 2.42. The monoisotopic (exact) mass is 158 g/mol. The zero-order valence-corrected chi connectivity index (χ0v) is 6.58. The minimum absolute atomic E-state index is 0.134. The zero-order chi connectivity index (χ0) is 7.73. The molecule has 0 aromatic heterocycles. The first kappa shape index (κ1) is 7.53. The number of rotatable bonds is 5. The van der Waals surface area contributed by atoms with Gasteiger partial charge in [0.15, 0.2) is 0 Å². The van der Waals surface area contributed by atoms with Crippen LogP contribution in [0.5, 0.6) is 0 Å². The summed E-state index contributed by atoms with van der Waals surface area (Å²) >= 11 is 0. The smallest absolute Gasteiger partial charge is 0.104 e. The highest BCUT2D eigenvalue weighted by Crippen LogP contribution is 2.45. The quantitative estimate of drug-likeness (QED) is 0.580. The van der Waals surface area contributed by atoms with Gasteiger partial charge in [0.25, 0.3) is 0 Å². The van der Waals surface area contributed by atoms with Crippen molar-refractivity contribution in [3.63, 3.8) is 0 Å². The summed E-state index contributed by atoms with van der Waals surface area (Å²) in [6.45, 7) is 2.55. The van der Waals surface area contributed by atoms with Gasteiger partial charge in [0.2, 0.25) is 0 Å². The summed E-state index contributed by atoms with van der Waals surface area (Å²) in [7, 11) is 0. The standard InChI is InChI=1S/C8H14O3/c9-5-8(1-2-8)6-10-3-7-4-11-7/h7,9H,1-6H2. The summed E-state index contributed by atoms with van der Waals surface area (Å²) in [6, 6.07) is 0. The van der Waals surface area contributed by atoms with Crippen molar-refractivity contribution in [3.05, 3.63) is 0 Å². The molecule has 1 aliphatic heterocycles. The van der Waals surface area contributed by atoms with E-state index in [1.165, 1.54) is 0 Å². The minimum atomic E-state index is 0.134. The van der Waals surface area contributed by atoms with E-state index in [9.17, 15) is 0 Å². The first-order valence-electron chi connectivity index (χ1n) is 4.15. The van der Waals surface area contributed by atoms with Crippen LogP contribution in [-0.2, 0) is 9.47 Å². The van der Waals surface area contributed by atoms with Gasteiger partial charge in [-0.15, -0.1) is 0 Å². The van der Waals surface area contributed by atoms with Crippen LogP contribution < -0.4 is 0 Å². The number of hydrogen-bond acceptors (Lipinski definition) is 3. The summed E-state index contributed by atoms with van der Waals surface area (Å²) in [5.41, 5.74) is 0.134. The van der Waals surface area contributed by atoms with Gasteiger partial charge in [0.05, 0.1) is 26.4 Å². The summed E-state index contributed by atoms with van der Waals surface area (Å²) in [4.78, 5) is 0. The molecule has 64 valence electrons. The van der Waals surface area contributed by atoms with Crippen LogP contribution in [0.25, 0.3) is 0 Å². The van der Waals surface area contributed by atoms with Gasteiger partial charge in [-0.05, 0) is 12.8 Å². The average molecular weight is 158 g/mol. The molecule has 3 nitrogen and oxygen atoms in total. The number of ether oxygens (including phenoxy) is 2. The van der Waals surface area contributed by atoms with Gasteiger partial charge in [0, 0.05) is 5.41 Å². The van der Waals surface area contributed by atoms with E-state index in [1.54, 1.807) is 0 Å². The third-order valence-corrected chi connectivity index (χ3v) is 2.41. The summed E-state index contributed by atoms with van der Waals surface area (Å²) < 4.78 is 10.4. The first-order valence-corrected chi connectivity index (χ1v) is 4.15.